The molecular formula is C14H13BrCl2N2. The summed E-state index contributed by atoms with van der Waals surface area (Å²) in [5.74, 6) is 0. The van der Waals surface area contributed by atoms with Gasteiger partial charge in [-0.2, -0.15) is 0 Å². The Kier molecular flexibility index (Phi) is 5.22. The van der Waals surface area contributed by atoms with Gasteiger partial charge in [-0.3, -0.25) is 4.98 Å². The topological polar surface area (TPSA) is 24.9 Å². The molecular weight excluding hydrogens is 347 g/mol. The Morgan fingerprint density at radius 2 is 2.11 bits per heavy atom. The van der Waals surface area contributed by atoms with Crippen molar-refractivity contribution in [1.82, 2.24) is 10.3 Å². The summed E-state index contributed by atoms with van der Waals surface area (Å²) in [7, 11) is 1.93. The Morgan fingerprint density at radius 1 is 1.32 bits per heavy atom. The minimum atomic E-state index is 0.159. The Labute approximate surface area is 131 Å². The number of pyridine rings is 1. The van der Waals surface area contributed by atoms with Crippen molar-refractivity contribution in [2.24, 2.45) is 0 Å². The molecule has 0 aliphatic rings. The molecule has 1 N–H and O–H groups in total. The molecule has 0 fully saturated rings. The van der Waals surface area contributed by atoms with E-state index in [1.165, 1.54) is 0 Å². The normalized spacial score (nSPS) is 12.4. The van der Waals surface area contributed by atoms with E-state index in [4.69, 9.17) is 23.2 Å². The highest BCUT2D eigenvalue weighted by Gasteiger charge is 2.15. The standard InChI is InChI=1S/C14H13BrCl2N2/c1-18-14(6-9-4-5-19-8-13(9)17)11-3-2-10(16)7-12(11)15/h2-5,7-8,14,18H,6H2,1H3. The molecule has 0 amide bonds. The predicted octanol–water partition coefficient (Wildman–Crippen LogP) is 4.65. The van der Waals surface area contributed by atoms with Crippen LogP contribution in [0.5, 0.6) is 0 Å². The van der Waals surface area contributed by atoms with Gasteiger partial charge in [-0.1, -0.05) is 45.2 Å². The van der Waals surface area contributed by atoms with E-state index in [0.717, 1.165) is 22.0 Å². The lowest BCUT2D eigenvalue weighted by atomic mass is 10.00. The van der Waals surface area contributed by atoms with E-state index >= 15 is 0 Å². The van der Waals surface area contributed by atoms with Gasteiger partial charge in [-0.25, -0.2) is 0 Å². The van der Waals surface area contributed by atoms with Crippen LogP contribution < -0.4 is 5.32 Å². The number of likely N-dealkylation sites (N-methyl/N-ethyl adjacent to an activating group) is 1. The van der Waals surface area contributed by atoms with Crippen LogP contribution >= 0.6 is 39.1 Å². The molecule has 0 saturated carbocycles. The molecule has 19 heavy (non-hydrogen) atoms. The summed E-state index contributed by atoms with van der Waals surface area (Å²) >= 11 is 15.7. The number of nitrogens with zero attached hydrogens (tertiary/aromatic N) is 1. The fourth-order valence-electron chi connectivity index (χ4n) is 1.94. The lowest BCUT2D eigenvalue weighted by molar-refractivity contribution is 0.589. The SMILES string of the molecule is CNC(Cc1ccncc1Cl)c1ccc(Cl)cc1Br. The maximum absolute atomic E-state index is 6.15. The molecule has 1 aromatic heterocycles. The zero-order valence-electron chi connectivity index (χ0n) is 10.3. The fourth-order valence-corrected chi connectivity index (χ4v) is 3.10. The van der Waals surface area contributed by atoms with E-state index in [1.807, 2.05) is 31.3 Å². The van der Waals surface area contributed by atoms with Crippen molar-refractivity contribution in [1.29, 1.82) is 0 Å². The maximum Gasteiger partial charge on any atom is 0.0622 e. The molecule has 1 atom stereocenters. The summed E-state index contributed by atoms with van der Waals surface area (Å²) in [6.07, 6.45) is 4.21. The van der Waals surface area contributed by atoms with Crippen molar-refractivity contribution < 1.29 is 0 Å². The summed E-state index contributed by atoms with van der Waals surface area (Å²) in [4.78, 5) is 4.00. The third kappa shape index (κ3) is 3.69. The van der Waals surface area contributed by atoms with Crippen molar-refractivity contribution in [2.45, 2.75) is 12.5 Å². The molecule has 100 valence electrons. The Hall–Kier alpha value is -0.610. The highest BCUT2D eigenvalue weighted by molar-refractivity contribution is 9.10. The van der Waals surface area contributed by atoms with Crippen molar-refractivity contribution in [3.63, 3.8) is 0 Å². The van der Waals surface area contributed by atoms with Crippen molar-refractivity contribution in [3.8, 4) is 0 Å². The van der Waals surface area contributed by atoms with E-state index < -0.39 is 0 Å². The van der Waals surface area contributed by atoms with Gasteiger partial charge >= 0.3 is 0 Å². The Balaban J connectivity index is 2.28. The minimum absolute atomic E-state index is 0.159. The molecule has 2 aromatic rings. The third-order valence-corrected chi connectivity index (χ3v) is 4.23. The lowest BCUT2D eigenvalue weighted by Crippen LogP contribution is -2.19. The summed E-state index contributed by atoms with van der Waals surface area (Å²) in [5, 5.41) is 4.71. The van der Waals surface area contributed by atoms with Gasteiger partial charge in [0, 0.05) is 27.9 Å². The van der Waals surface area contributed by atoms with Gasteiger partial charge in [0.2, 0.25) is 0 Å². The molecule has 1 unspecified atom stereocenters. The van der Waals surface area contributed by atoms with Gasteiger partial charge in [0.1, 0.15) is 0 Å². The van der Waals surface area contributed by atoms with Crippen LogP contribution in [0.3, 0.4) is 0 Å². The second-order valence-electron chi connectivity index (χ2n) is 4.18. The van der Waals surface area contributed by atoms with Gasteiger partial charge < -0.3 is 5.32 Å². The van der Waals surface area contributed by atoms with Crippen molar-refractivity contribution in [3.05, 3.63) is 62.3 Å². The Bertz CT molecular complexity index is 575. The summed E-state index contributed by atoms with van der Waals surface area (Å²) in [5.41, 5.74) is 2.22. The Morgan fingerprint density at radius 3 is 2.74 bits per heavy atom. The average molecular weight is 360 g/mol. The van der Waals surface area contributed by atoms with E-state index in [-0.39, 0.29) is 6.04 Å². The van der Waals surface area contributed by atoms with Crippen LogP contribution in [0, 0.1) is 0 Å². The molecule has 2 rings (SSSR count). The molecule has 1 aromatic carbocycles. The van der Waals surface area contributed by atoms with Crippen LogP contribution in [0.4, 0.5) is 0 Å². The first-order chi connectivity index (χ1) is 9.11. The van der Waals surface area contributed by atoms with E-state index in [9.17, 15) is 0 Å². The predicted molar refractivity (Wildman–Crippen MR) is 83.9 cm³/mol. The molecule has 0 aliphatic carbocycles. The van der Waals surface area contributed by atoms with Gasteiger partial charge in [0.25, 0.3) is 0 Å². The zero-order chi connectivity index (χ0) is 13.8. The third-order valence-electron chi connectivity index (χ3n) is 2.97. The van der Waals surface area contributed by atoms with Crippen LogP contribution in [-0.4, -0.2) is 12.0 Å². The van der Waals surface area contributed by atoms with E-state index in [1.54, 1.807) is 12.4 Å². The fraction of sp³-hybridized carbons (Fsp3) is 0.214. The molecule has 0 radical (unpaired) electrons. The number of rotatable bonds is 4. The number of aromatic nitrogens is 1. The molecule has 0 aliphatic heterocycles. The number of hydrogen-bond acceptors (Lipinski definition) is 2. The molecule has 0 saturated heterocycles. The first kappa shape index (κ1) is 14.8. The zero-order valence-corrected chi connectivity index (χ0v) is 13.4. The van der Waals surface area contributed by atoms with Crippen LogP contribution in [0.25, 0.3) is 0 Å². The molecule has 2 nitrogen and oxygen atoms in total. The minimum Gasteiger partial charge on any atom is -0.313 e. The van der Waals surface area contributed by atoms with Crippen molar-refractivity contribution >= 4 is 39.1 Å². The number of benzene rings is 1. The highest BCUT2D eigenvalue weighted by Crippen LogP contribution is 2.29. The second-order valence-corrected chi connectivity index (χ2v) is 5.88. The highest BCUT2D eigenvalue weighted by atomic mass is 79.9. The first-order valence-electron chi connectivity index (χ1n) is 5.82. The van der Waals surface area contributed by atoms with E-state index in [2.05, 4.69) is 26.2 Å². The molecule has 1 heterocycles. The quantitative estimate of drug-likeness (QED) is 0.859. The van der Waals surface area contributed by atoms with Crippen molar-refractivity contribution in [2.75, 3.05) is 7.05 Å². The lowest BCUT2D eigenvalue weighted by Gasteiger charge is -2.19. The first-order valence-corrected chi connectivity index (χ1v) is 7.37. The summed E-state index contributed by atoms with van der Waals surface area (Å²) in [6, 6.07) is 7.90. The summed E-state index contributed by atoms with van der Waals surface area (Å²) in [6.45, 7) is 0. The number of nitrogens with one attached hydrogen (secondary N) is 1. The largest absolute Gasteiger partial charge is 0.313 e. The van der Waals surface area contributed by atoms with Crippen LogP contribution in [-0.2, 0) is 6.42 Å². The van der Waals surface area contributed by atoms with E-state index in [0.29, 0.717) is 10.0 Å². The maximum atomic E-state index is 6.15. The van der Waals surface area contributed by atoms with Gasteiger partial charge in [-0.05, 0) is 42.8 Å². The van der Waals surface area contributed by atoms with Gasteiger partial charge in [0.15, 0.2) is 0 Å². The molecule has 0 spiro atoms. The summed E-state index contributed by atoms with van der Waals surface area (Å²) < 4.78 is 0.990. The molecule has 5 heteroatoms. The number of hydrogen-bond donors (Lipinski definition) is 1. The van der Waals surface area contributed by atoms with Gasteiger partial charge in [0.05, 0.1) is 5.02 Å². The van der Waals surface area contributed by atoms with Crippen LogP contribution in [0.1, 0.15) is 17.2 Å². The second kappa shape index (κ2) is 6.71. The van der Waals surface area contributed by atoms with Crippen LogP contribution in [0.2, 0.25) is 10.0 Å². The smallest absolute Gasteiger partial charge is 0.0622 e. The molecule has 0 bridgehead atoms. The average Bonchev–Trinajstić information content (AvgIpc) is 2.39. The number of halogens is 3. The monoisotopic (exact) mass is 358 g/mol. The van der Waals surface area contributed by atoms with Gasteiger partial charge in [-0.15, -0.1) is 0 Å². The van der Waals surface area contributed by atoms with Crippen LogP contribution in [0.15, 0.2) is 41.1 Å².